The first-order valence-corrected chi connectivity index (χ1v) is 10.8. The Labute approximate surface area is 175 Å². The lowest BCUT2D eigenvalue weighted by Crippen LogP contribution is -2.30. The molecular formula is C22H21N3O4S. The highest BCUT2D eigenvalue weighted by Gasteiger charge is 2.19. The Kier molecular flexibility index (Phi) is 7.01. The van der Waals surface area contributed by atoms with Gasteiger partial charge in [-0.2, -0.15) is 5.26 Å². The van der Waals surface area contributed by atoms with Crippen molar-refractivity contribution >= 4 is 15.9 Å². The first kappa shape index (κ1) is 21.3. The van der Waals surface area contributed by atoms with E-state index in [-0.39, 0.29) is 30.3 Å². The van der Waals surface area contributed by atoms with Crippen LogP contribution in [0.4, 0.5) is 0 Å². The monoisotopic (exact) mass is 423 g/mol. The Balaban J connectivity index is 1.79. The number of amides is 1. The Morgan fingerprint density at radius 1 is 1.00 bits per heavy atom. The molecule has 0 radical (unpaired) electrons. The highest BCUT2D eigenvalue weighted by molar-refractivity contribution is 7.89. The van der Waals surface area contributed by atoms with Gasteiger partial charge in [-0.25, -0.2) is 13.1 Å². The molecule has 0 aliphatic carbocycles. The van der Waals surface area contributed by atoms with Crippen LogP contribution in [0.5, 0.6) is 0 Å². The molecule has 0 atom stereocenters. The van der Waals surface area contributed by atoms with Gasteiger partial charge in [-0.15, -0.1) is 0 Å². The van der Waals surface area contributed by atoms with Crippen molar-refractivity contribution in [1.82, 2.24) is 9.62 Å². The summed E-state index contributed by atoms with van der Waals surface area (Å²) in [5.41, 5.74) is 1.34. The van der Waals surface area contributed by atoms with E-state index in [0.29, 0.717) is 17.9 Å². The summed E-state index contributed by atoms with van der Waals surface area (Å²) < 4.78 is 32.2. The fraction of sp³-hybridized carbons (Fsp3) is 0.182. The van der Waals surface area contributed by atoms with Gasteiger partial charge < -0.3 is 9.32 Å². The maximum atomic E-state index is 13.1. The van der Waals surface area contributed by atoms with Crippen LogP contribution in [0.25, 0.3) is 0 Å². The van der Waals surface area contributed by atoms with Crippen LogP contribution in [0.3, 0.4) is 0 Å². The summed E-state index contributed by atoms with van der Waals surface area (Å²) >= 11 is 0. The number of hydrogen-bond acceptors (Lipinski definition) is 5. The van der Waals surface area contributed by atoms with Crippen molar-refractivity contribution in [2.24, 2.45) is 0 Å². The summed E-state index contributed by atoms with van der Waals surface area (Å²) in [6.45, 7) is 0.708. The van der Waals surface area contributed by atoms with Crippen LogP contribution in [0, 0.1) is 11.3 Å². The normalized spacial score (nSPS) is 11.0. The first-order valence-electron chi connectivity index (χ1n) is 9.32. The SMILES string of the molecule is N#CCCNS(=O)(=O)c1ccc(C(=O)N(Cc2ccccc2)Cc2ccco2)cc1. The van der Waals surface area contributed by atoms with Gasteiger partial charge in [0.05, 0.1) is 23.8 Å². The first-order chi connectivity index (χ1) is 14.5. The van der Waals surface area contributed by atoms with Gasteiger partial charge in [-0.1, -0.05) is 30.3 Å². The number of sulfonamides is 1. The minimum Gasteiger partial charge on any atom is -0.467 e. The average Bonchev–Trinajstić information content (AvgIpc) is 3.27. The number of furan rings is 1. The lowest BCUT2D eigenvalue weighted by atomic mass is 10.1. The van der Waals surface area contributed by atoms with Crippen molar-refractivity contribution in [2.45, 2.75) is 24.4 Å². The van der Waals surface area contributed by atoms with Gasteiger partial charge in [0, 0.05) is 25.1 Å². The molecule has 7 nitrogen and oxygen atoms in total. The second kappa shape index (κ2) is 9.87. The molecule has 0 unspecified atom stereocenters. The summed E-state index contributed by atoms with van der Waals surface area (Å²) in [5, 5.41) is 8.55. The molecule has 3 aromatic rings. The second-order valence-electron chi connectivity index (χ2n) is 6.56. The lowest BCUT2D eigenvalue weighted by Gasteiger charge is -2.22. The van der Waals surface area contributed by atoms with Gasteiger partial charge >= 0.3 is 0 Å². The summed E-state index contributed by atoms with van der Waals surface area (Å²) in [6.07, 6.45) is 1.64. The molecule has 1 heterocycles. The van der Waals surface area contributed by atoms with Crippen molar-refractivity contribution in [1.29, 1.82) is 5.26 Å². The molecule has 2 aromatic carbocycles. The van der Waals surface area contributed by atoms with E-state index in [2.05, 4.69) is 4.72 Å². The van der Waals surface area contributed by atoms with Crippen molar-refractivity contribution < 1.29 is 17.6 Å². The number of nitrogens with zero attached hydrogens (tertiary/aromatic N) is 2. The third kappa shape index (κ3) is 5.56. The van der Waals surface area contributed by atoms with Crippen molar-refractivity contribution in [3.63, 3.8) is 0 Å². The second-order valence-corrected chi connectivity index (χ2v) is 8.32. The average molecular weight is 423 g/mol. The van der Waals surface area contributed by atoms with Crippen LogP contribution in [-0.2, 0) is 23.1 Å². The van der Waals surface area contributed by atoms with Crippen LogP contribution >= 0.6 is 0 Å². The van der Waals surface area contributed by atoms with Gasteiger partial charge in [-0.3, -0.25) is 4.79 Å². The van der Waals surface area contributed by atoms with Crippen LogP contribution in [0.1, 0.15) is 28.1 Å². The fourth-order valence-electron chi connectivity index (χ4n) is 2.88. The van der Waals surface area contributed by atoms with Gasteiger partial charge in [0.1, 0.15) is 5.76 Å². The number of hydrogen-bond donors (Lipinski definition) is 1. The number of nitrogens with one attached hydrogen (secondary N) is 1. The topological polar surface area (TPSA) is 103 Å². The predicted octanol–water partition coefficient (Wildman–Crippen LogP) is 3.31. The number of rotatable bonds is 9. The van der Waals surface area contributed by atoms with E-state index in [0.717, 1.165) is 5.56 Å². The summed E-state index contributed by atoms with van der Waals surface area (Å²) in [5.74, 6) is 0.414. The van der Waals surface area contributed by atoms with E-state index in [9.17, 15) is 13.2 Å². The summed E-state index contributed by atoms with van der Waals surface area (Å²) in [7, 11) is -3.73. The Morgan fingerprint density at radius 3 is 2.37 bits per heavy atom. The lowest BCUT2D eigenvalue weighted by molar-refractivity contribution is 0.0717. The molecule has 0 aliphatic rings. The van der Waals surface area contributed by atoms with Crippen LogP contribution in [0.15, 0.2) is 82.3 Å². The van der Waals surface area contributed by atoms with Gasteiger partial charge in [0.2, 0.25) is 10.0 Å². The molecule has 0 aliphatic heterocycles. The van der Waals surface area contributed by atoms with Crippen LogP contribution in [0.2, 0.25) is 0 Å². The minimum atomic E-state index is -3.73. The minimum absolute atomic E-state index is 0.0352. The molecule has 154 valence electrons. The summed E-state index contributed by atoms with van der Waals surface area (Å²) in [6, 6.07) is 20.8. The maximum Gasteiger partial charge on any atom is 0.254 e. The quantitative estimate of drug-likeness (QED) is 0.532. The molecular weight excluding hydrogens is 402 g/mol. The van der Waals surface area contributed by atoms with Crippen molar-refractivity contribution in [2.75, 3.05) is 6.54 Å². The van der Waals surface area contributed by atoms with Crippen LogP contribution in [-0.4, -0.2) is 25.8 Å². The van der Waals surface area contributed by atoms with E-state index < -0.39 is 10.0 Å². The number of carbonyl (C=O) groups is 1. The van der Waals surface area contributed by atoms with E-state index >= 15 is 0 Å². The van der Waals surface area contributed by atoms with E-state index in [4.69, 9.17) is 9.68 Å². The molecule has 1 aromatic heterocycles. The number of benzene rings is 2. The van der Waals surface area contributed by atoms with Gasteiger partial charge in [0.25, 0.3) is 5.91 Å². The standard InChI is InChI=1S/C22H21N3O4S/c23-13-5-14-24-30(27,28)21-11-9-19(10-12-21)22(26)25(17-20-8-4-15-29-20)16-18-6-2-1-3-7-18/h1-4,6-12,15,24H,5,14,16-17H2. The molecule has 3 rings (SSSR count). The molecule has 1 N–H and O–H groups in total. The zero-order valence-corrected chi connectivity index (χ0v) is 17.0. The van der Waals surface area contributed by atoms with Crippen molar-refractivity contribution in [3.8, 4) is 6.07 Å². The highest BCUT2D eigenvalue weighted by atomic mass is 32.2. The van der Waals surface area contributed by atoms with Gasteiger partial charge in [-0.05, 0) is 42.0 Å². The van der Waals surface area contributed by atoms with Gasteiger partial charge in [0.15, 0.2) is 0 Å². The highest BCUT2D eigenvalue weighted by Crippen LogP contribution is 2.17. The molecule has 0 bridgehead atoms. The smallest absolute Gasteiger partial charge is 0.254 e. The fourth-order valence-corrected chi connectivity index (χ4v) is 3.91. The molecule has 0 fully saturated rings. The number of carbonyl (C=O) groups excluding carboxylic acids is 1. The maximum absolute atomic E-state index is 13.1. The molecule has 0 saturated heterocycles. The molecule has 30 heavy (non-hydrogen) atoms. The summed E-state index contributed by atoms with van der Waals surface area (Å²) in [4.78, 5) is 14.8. The van der Waals surface area contributed by atoms with E-state index in [1.165, 1.54) is 24.3 Å². The molecule has 0 saturated carbocycles. The zero-order chi connectivity index (χ0) is 21.4. The Bertz CT molecular complexity index is 1100. The Morgan fingerprint density at radius 2 is 1.73 bits per heavy atom. The van der Waals surface area contributed by atoms with Crippen molar-refractivity contribution in [3.05, 3.63) is 89.9 Å². The molecule has 1 amide bonds. The number of nitriles is 1. The molecule has 0 spiro atoms. The predicted molar refractivity (Wildman–Crippen MR) is 111 cm³/mol. The van der Waals surface area contributed by atoms with E-state index in [1.807, 2.05) is 36.4 Å². The zero-order valence-electron chi connectivity index (χ0n) is 16.2. The third-order valence-corrected chi connectivity index (χ3v) is 5.85. The Hall–Kier alpha value is -3.41. The van der Waals surface area contributed by atoms with E-state index in [1.54, 1.807) is 23.3 Å². The third-order valence-electron chi connectivity index (χ3n) is 4.37. The van der Waals surface area contributed by atoms with Crippen LogP contribution < -0.4 is 4.72 Å². The molecule has 8 heteroatoms. The largest absolute Gasteiger partial charge is 0.467 e.